The van der Waals surface area contributed by atoms with E-state index in [1.54, 1.807) is 24.3 Å². The van der Waals surface area contributed by atoms with Gasteiger partial charge < -0.3 is 9.84 Å². The Balaban J connectivity index is 1.86. The van der Waals surface area contributed by atoms with Crippen molar-refractivity contribution in [2.45, 2.75) is 31.1 Å². The zero-order valence-corrected chi connectivity index (χ0v) is 19.6. The van der Waals surface area contributed by atoms with Gasteiger partial charge in [0.25, 0.3) is 10.0 Å². The van der Waals surface area contributed by atoms with Crippen LogP contribution in [0.4, 0.5) is 8.78 Å². The largest absolute Gasteiger partial charge is 0.454 e. The molecule has 0 spiro atoms. The average molecular weight is 497 g/mol. The molecule has 0 aliphatic heterocycles. The highest BCUT2D eigenvalue weighted by molar-refractivity contribution is 7.90. The van der Waals surface area contributed by atoms with Crippen molar-refractivity contribution in [2.24, 2.45) is 0 Å². The Hall–Kier alpha value is -3.74. The Kier molecular flexibility index (Phi) is 6.87. The highest BCUT2D eigenvalue weighted by Gasteiger charge is 2.24. The van der Waals surface area contributed by atoms with Gasteiger partial charge in [-0.3, -0.25) is 0 Å². The summed E-state index contributed by atoms with van der Waals surface area (Å²) in [6.45, 7) is 1.79. The zero-order chi connectivity index (χ0) is 25.2. The third-order valence-corrected chi connectivity index (χ3v) is 7.36. The van der Waals surface area contributed by atoms with Crippen molar-refractivity contribution >= 4 is 20.9 Å². The van der Waals surface area contributed by atoms with Gasteiger partial charge in [0.05, 0.1) is 16.0 Å². The number of halogens is 2. The van der Waals surface area contributed by atoms with Gasteiger partial charge in [-0.25, -0.2) is 21.2 Å². The van der Waals surface area contributed by atoms with Gasteiger partial charge in [-0.15, -0.1) is 0 Å². The van der Waals surface area contributed by atoms with Gasteiger partial charge in [0, 0.05) is 35.9 Å². The molecule has 0 fully saturated rings. The molecule has 0 saturated carbocycles. The van der Waals surface area contributed by atoms with Gasteiger partial charge in [0.15, 0.2) is 11.6 Å². The first-order valence-corrected chi connectivity index (χ1v) is 12.3. The van der Waals surface area contributed by atoms with Crippen LogP contribution in [0.25, 0.3) is 10.9 Å². The summed E-state index contributed by atoms with van der Waals surface area (Å²) in [6.07, 6.45) is 2.61. The molecule has 1 heterocycles. The molecular formula is C26H22F2N2O4S. The van der Waals surface area contributed by atoms with Crippen LogP contribution in [-0.4, -0.2) is 24.1 Å². The molecule has 4 rings (SSSR count). The molecule has 0 amide bonds. The number of nitrogens with zero attached hydrogens (tertiary/aromatic N) is 2. The van der Waals surface area contributed by atoms with E-state index in [9.17, 15) is 17.9 Å². The SMILES string of the molecule is Cc1ccc(S(=O)(=O)n2ccc3c(CCCCO)c(Oc4ccc(F)c(C#N)c4)c(F)cc32)cc1. The van der Waals surface area contributed by atoms with E-state index in [2.05, 4.69) is 0 Å². The number of ether oxygens (including phenoxy) is 1. The number of fused-ring (bicyclic) bond motifs is 1. The summed E-state index contributed by atoms with van der Waals surface area (Å²) >= 11 is 0. The second-order valence-corrected chi connectivity index (χ2v) is 9.88. The second-order valence-electron chi connectivity index (χ2n) is 8.06. The molecule has 3 aromatic carbocycles. The zero-order valence-electron chi connectivity index (χ0n) is 18.8. The average Bonchev–Trinajstić information content (AvgIpc) is 3.26. The molecule has 6 nitrogen and oxygen atoms in total. The van der Waals surface area contributed by atoms with Crippen LogP contribution in [0, 0.1) is 29.9 Å². The maximum Gasteiger partial charge on any atom is 0.268 e. The van der Waals surface area contributed by atoms with E-state index in [1.807, 2.05) is 6.92 Å². The Morgan fingerprint density at radius 1 is 1.03 bits per heavy atom. The molecule has 35 heavy (non-hydrogen) atoms. The molecule has 1 N–H and O–H groups in total. The number of unbranched alkanes of at least 4 members (excludes halogenated alkanes) is 1. The monoisotopic (exact) mass is 496 g/mol. The summed E-state index contributed by atoms with van der Waals surface area (Å²) in [5.74, 6) is -1.61. The fraction of sp³-hybridized carbons (Fsp3) is 0.192. The van der Waals surface area contributed by atoms with E-state index in [1.165, 1.54) is 30.5 Å². The summed E-state index contributed by atoms with van der Waals surface area (Å²) in [5, 5.41) is 18.8. The van der Waals surface area contributed by atoms with Crippen molar-refractivity contribution in [3.8, 4) is 17.6 Å². The van der Waals surface area contributed by atoms with Crippen LogP contribution in [0.15, 0.2) is 65.7 Å². The molecule has 0 unspecified atom stereocenters. The predicted octanol–water partition coefficient (Wildman–Crippen LogP) is 5.44. The summed E-state index contributed by atoms with van der Waals surface area (Å²) in [6, 6.07) is 14.2. The van der Waals surface area contributed by atoms with Crippen molar-refractivity contribution in [1.82, 2.24) is 3.97 Å². The van der Waals surface area contributed by atoms with Crippen molar-refractivity contribution in [3.63, 3.8) is 0 Å². The van der Waals surface area contributed by atoms with E-state index in [4.69, 9.17) is 10.00 Å². The second kappa shape index (κ2) is 9.86. The van der Waals surface area contributed by atoms with Crippen molar-refractivity contribution in [1.29, 1.82) is 5.26 Å². The molecule has 0 radical (unpaired) electrons. The topological polar surface area (TPSA) is 92.3 Å². The van der Waals surface area contributed by atoms with Crippen LogP contribution in [0.1, 0.15) is 29.5 Å². The number of aromatic nitrogens is 1. The lowest BCUT2D eigenvalue weighted by molar-refractivity contribution is 0.284. The van der Waals surface area contributed by atoms with Gasteiger partial charge in [-0.1, -0.05) is 17.7 Å². The summed E-state index contributed by atoms with van der Waals surface area (Å²) < 4.78 is 62.5. The molecule has 180 valence electrons. The van der Waals surface area contributed by atoms with E-state index < -0.39 is 21.7 Å². The molecule has 1 aromatic heterocycles. The first-order valence-electron chi connectivity index (χ1n) is 10.9. The van der Waals surface area contributed by atoms with Crippen LogP contribution in [0.3, 0.4) is 0 Å². The summed E-state index contributed by atoms with van der Waals surface area (Å²) in [7, 11) is -3.99. The maximum absolute atomic E-state index is 15.4. The summed E-state index contributed by atoms with van der Waals surface area (Å²) in [4.78, 5) is 0.0681. The number of aliphatic hydroxyl groups is 1. The van der Waals surface area contributed by atoms with Gasteiger partial charge in [0.2, 0.25) is 0 Å². The molecule has 9 heteroatoms. The Bertz CT molecular complexity index is 1540. The minimum absolute atomic E-state index is 0.0546. The minimum atomic E-state index is -3.99. The van der Waals surface area contributed by atoms with Gasteiger partial charge in [0.1, 0.15) is 17.6 Å². The molecule has 0 atom stereocenters. The third-order valence-electron chi connectivity index (χ3n) is 5.66. The number of rotatable bonds is 8. The van der Waals surface area contributed by atoms with Crippen LogP contribution in [0.5, 0.6) is 11.5 Å². The van der Waals surface area contributed by atoms with Crippen molar-refractivity contribution in [2.75, 3.05) is 6.61 Å². The number of benzene rings is 3. The van der Waals surface area contributed by atoms with E-state index in [-0.39, 0.29) is 34.1 Å². The lowest BCUT2D eigenvalue weighted by Gasteiger charge is -2.15. The Morgan fingerprint density at radius 3 is 2.46 bits per heavy atom. The number of hydrogen-bond donors (Lipinski definition) is 1. The molecule has 4 aromatic rings. The van der Waals surface area contributed by atoms with Gasteiger partial charge >= 0.3 is 0 Å². The van der Waals surface area contributed by atoms with Crippen LogP contribution in [-0.2, 0) is 16.4 Å². The number of aliphatic hydroxyl groups excluding tert-OH is 1. The first-order chi connectivity index (χ1) is 16.8. The molecule has 0 aliphatic carbocycles. The standard InChI is InChI=1S/C26H22F2N2O4S/c1-17-5-8-20(9-6-17)35(32,33)30-12-11-21-22(4-2-3-13-31)26(24(28)15-25(21)30)34-19-7-10-23(27)18(14-19)16-29/h5-12,14-15,31H,2-4,13H2,1H3. The van der Waals surface area contributed by atoms with Crippen molar-refractivity contribution in [3.05, 3.63) is 89.1 Å². The van der Waals surface area contributed by atoms with Crippen molar-refractivity contribution < 1.29 is 27.0 Å². The molecule has 0 aliphatic rings. The van der Waals surface area contributed by atoms with E-state index in [0.29, 0.717) is 30.2 Å². The first kappa shape index (κ1) is 24.4. The number of nitriles is 1. The highest BCUT2D eigenvalue weighted by Crippen LogP contribution is 2.37. The van der Waals surface area contributed by atoms with Crippen LogP contribution >= 0.6 is 0 Å². The van der Waals surface area contributed by atoms with Crippen LogP contribution < -0.4 is 4.74 Å². The quantitative estimate of drug-likeness (QED) is 0.328. The Morgan fingerprint density at radius 2 is 1.77 bits per heavy atom. The lowest BCUT2D eigenvalue weighted by atomic mass is 10.0. The maximum atomic E-state index is 15.4. The minimum Gasteiger partial charge on any atom is -0.454 e. The third kappa shape index (κ3) is 4.76. The highest BCUT2D eigenvalue weighted by atomic mass is 32.2. The van der Waals surface area contributed by atoms with Gasteiger partial charge in [-0.2, -0.15) is 5.26 Å². The normalized spacial score (nSPS) is 11.5. The van der Waals surface area contributed by atoms with Crippen LogP contribution in [0.2, 0.25) is 0 Å². The molecule has 0 saturated heterocycles. The fourth-order valence-electron chi connectivity index (χ4n) is 3.85. The predicted molar refractivity (Wildman–Crippen MR) is 127 cm³/mol. The molecule has 0 bridgehead atoms. The number of aryl methyl sites for hydroxylation is 2. The number of hydrogen-bond acceptors (Lipinski definition) is 5. The lowest BCUT2D eigenvalue weighted by Crippen LogP contribution is -2.12. The van der Waals surface area contributed by atoms with E-state index >= 15 is 4.39 Å². The summed E-state index contributed by atoms with van der Waals surface area (Å²) in [5.41, 5.74) is 1.21. The van der Waals surface area contributed by atoms with Gasteiger partial charge in [-0.05, 0) is 56.5 Å². The fourth-order valence-corrected chi connectivity index (χ4v) is 5.19. The smallest absolute Gasteiger partial charge is 0.268 e. The molecular weight excluding hydrogens is 474 g/mol. The van der Waals surface area contributed by atoms with E-state index in [0.717, 1.165) is 21.7 Å². The Labute approximate surface area is 201 Å².